The van der Waals surface area contributed by atoms with Crippen LogP contribution < -0.4 is 11.1 Å². The average Bonchev–Trinajstić information content (AvgIpc) is 2.34. The number of unbranched alkanes of at least 4 members (excludes halogenated alkanes) is 1. The van der Waals surface area contributed by atoms with E-state index >= 15 is 0 Å². The van der Waals surface area contributed by atoms with Gasteiger partial charge in [0.05, 0.1) is 0 Å². The summed E-state index contributed by atoms with van der Waals surface area (Å²) in [5, 5.41) is 3.73. The predicted molar refractivity (Wildman–Crippen MR) is 79.8 cm³/mol. The first-order valence-electron chi connectivity index (χ1n) is 7.81. The molecule has 0 radical (unpaired) electrons. The van der Waals surface area contributed by atoms with Crippen LogP contribution in [0.4, 0.5) is 0 Å². The molecule has 1 fully saturated rings. The first kappa shape index (κ1) is 15.9. The molecule has 108 valence electrons. The maximum Gasteiger partial charge on any atom is 0.0198 e. The fraction of sp³-hybridized carbons (Fsp3) is 1.00. The molecular weight excluding hydrogens is 222 g/mol. The minimum absolute atomic E-state index is 0.676. The van der Waals surface area contributed by atoms with Crippen molar-refractivity contribution in [1.82, 2.24) is 10.2 Å². The van der Waals surface area contributed by atoms with Crippen LogP contribution in [0.3, 0.4) is 0 Å². The summed E-state index contributed by atoms with van der Waals surface area (Å²) >= 11 is 0. The maximum absolute atomic E-state index is 5.71. The minimum Gasteiger partial charge on any atom is -0.329 e. The molecule has 3 N–H and O–H groups in total. The molecule has 0 spiro atoms. The number of nitrogens with zero attached hydrogens (tertiary/aromatic N) is 1. The second kappa shape index (κ2) is 8.89. The molecule has 1 saturated heterocycles. The van der Waals surface area contributed by atoms with E-state index in [1.165, 1.54) is 38.8 Å². The Labute approximate surface area is 113 Å². The number of nitrogens with one attached hydrogen (secondary N) is 1. The van der Waals surface area contributed by atoms with Crippen molar-refractivity contribution in [3.63, 3.8) is 0 Å². The van der Waals surface area contributed by atoms with Gasteiger partial charge in [0.1, 0.15) is 0 Å². The van der Waals surface area contributed by atoms with E-state index < -0.39 is 0 Å². The maximum atomic E-state index is 5.71. The van der Waals surface area contributed by atoms with E-state index in [-0.39, 0.29) is 0 Å². The predicted octanol–water partition coefficient (Wildman–Crippen LogP) is 2.07. The van der Waals surface area contributed by atoms with Gasteiger partial charge in [0.2, 0.25) is 0 Å². The van der Waals surface area contributed by atoms with Crippen molar-refractivity contribution < 1.29 is 0 Å². The summed E-state index contributed by atoms with van der Waals surface area (Å²) in [5.74, 6) is 1.61. The SMILES string of the molecule is CCCCC1CC(NCC(C)C)CN(CCN)C1. The molecule has 3 nitrogen and oxygen atoms in total. The molecule has 0 amide bonds. The highest BCUT2D eigenvalue weighted by Crippen LogP contribution is 2.22. The Kier molecular flexibility index (Phi) is 7.87. The van der Waals surface area contributed by atoms with Crippen molar-refractivity contribution in [2.24, 2.45) is 17.6 Å². The molecule has 1 aliphatic rings. The second-order valence-electron chi connectivity index (χ2n) is 6.29. The lowest BCUT2D eigenvalue weighted by atomic mass is 9.89. The standard InChI is InChI=1S/C15H33N3/c1-4-5-6-14-9-15(17-10-13(2)3)12-18(11-14)8-7-16/h13-15,17H,4-12,16H2,1-3H3. The van der Waals surface area contributed by atoms with Crippen LogP contribution in [0.5, 0.6) is 0 Å². The highest BCUT2D eigenvalue weighted by atomic mass is 15.2. The van der Waals surface area contributed by atoms with Gasteiger partial charge in [-0.1, -0.05) is 33.6 Å². The van der Waals surface area contributed by atoms with Gasteiger partial charge in [-0.3, -0.25) is 0 Å². The molecule has 3 heteroatoms. The van der Waals surface area contributed by atoms with Crippen molar-refractivity contribution in [2.45, 2.75) is 52.5 Å². The van der Waals surface area contributed by atoms with Gasteiger partial charge in [-0.25, -0.2) is 0 Å². The van der Waals surface area contributed by atoms with Gasteiger partial charge in [-0.05, 0) is 31.2 Å². The quantitative estimate of drug-likeness (QED) is 0.698. The smallest absolute Gasteiger partial charge is 0.0198 e. The molecule has 1 heterocycles. The van der Waals surface area contributed by atoms with Crippen molar-refractivity contribution in [3.05, 3.63) is 0 Å². The van der Waals surface area contributed by atoms with Gasteiger partial charge >= 0.3 is 0 Å². The number of piperidine rings is 1. The average molecular weight is 255 g/mol. The molecule has 0 bridgehead atoms. The van der Waals surface area contributed by atoms with Crippen molar-refractivity contribution in [3.8, 4) is 0 Å². The lowest BCUT2D eigenvalue weighted by Crippen LogP contribution is -2.51. The lowest BCUT2D eigenvalue weighted by Gasteiger charge is -2.38. The summed E-state index contributed by atoms with van der Waals surface area (Å²) < 4.78 is 0. The van der Waals surface area contributed by atoms with Gasteiger partial charge in [0, 0.05) is 32.2 Å². The number of nitrogens with two attached hydrogens (primary N) is 1. The Morgan fingerprint density at radius 2 is 2.11 bits per heavy atom. The molecule has 0 aromatic carbocycles. The van der Waals surface area contributed by atoms with Crippen LogP contribution in [0.1, 0.15) is 46.5 Å². The van der Waals surface area contributed by atoms with E-state index in [2.05, 4.69) is 31.0 Å². The summed E-state index contributed by atoms with van der Waals surface area (Å²) in [7, 11) is 0. The van der Waals surface area contributed by atoms with E-state index in [0.29, 0.717) is 6.04 Å². The van der Waals surface area contributed by atoms with Crippen LogP contribution in [0.2, 0.25) is 0 Å². The van der Waals surface area contributed by atoms with E-state index in [9.17, 15) is 0 Å². The fourth-order valence-corrected chi connectivity index (χ4v) is 2.92. The molecule has 1 aliphatic heterocycles. The van der Waals surface area contributed by atoms with E-state index in [0.717, 1.165) is 31.5 Å². The van der Waals surface area contributed by atoms with Gasteiger partial charge < -0.3 is 16.0 Å². The zero-order chi connectivity index (χ0) is 13.4. The Morgan fingerprint density at radius 3 is 2.72 bits per heavy atom. The number of hydrogen-bond acceptors (Lipinski definition) is 3. The molecular formula is C15H33N3. The Balaban J connectivity index is 2.40. The summed E-state index contributed by atoms with van der Waals surface area (Å²) in [6.07, 6.45) is 5.43. The summed E-state index contributed by atoms with van der Waals surface area (Å²) in [6.45, 7) is 12.3. The Bertz CT molecular complexity index is 206. The first-order valence-corrected chi connectivity index (χ1v) is 7.81. The second-order valence-corrected chi connectivity index (χ2v) is 6.29. The fourth-order valence-electron chi connectivity index (χ4n) is 2.92. The van der Waals surface area contributed by atoms with Gasteiger partial charge in [0.15, 0.2) is 0 Å². The zero-order valence-corrected chi connectivity index (χ0v) is 12.6. The van der Waals surface area contributed by atoms with Crippen LogP contribution in [-0.4, -0.2) is 43.7 Å². The highest BCUT2D eigenvalue weighted by Gasteiger charge is 2.26. The van der Waals surface area contributed by atoms with Gasteiger partial charge in [-0.2, -0.15) is 0 Å². The molecule has 0 aromatic rings. The zero-order valence-electron chi connectivity index (χ0n) is 12.6. The van der Waals surface area contributed by atoms with Crippen LogP contribution >= 0.6 is 0 Å². The molecule has 0 aliphatic carbocycles. The van der Waals surface area contributed by atoms with Crippen molar-refractivity contribution >= 4 is 0 Å². The van der Waals surface area contributed by atoms with E-state index in [1.54, 1.807) is 0 Å². The van der Waals surface area contributed by atoms with Crippen LogP contribution in [0.25, 0.3) is 0 Å². The summed E-state index contributed by atoms with van der Waals surface area (Å²) in [4.78, 5) is 2.56. The normalized spacial score (nSPS) is 25.8. The topological polar surface area (TPSA) is 41.3 Å². The molecule has 2 atom stereocenters. The van der Waals surface area contributed by atoms with E-state index in [4.69, 9.17) is 5.73 Å². The minimum atomic E-state index is 0.676. The number of rotatable bonds is 8. The Morgan fingerprint density at radius 1 is 1.33 bits per heavy atom. The molecule has 1 rings (SSSR count). The third kappa shape index (κ3) is 6.17. The largest absolute Gasteiger partial charge is 0.329 e. The van der Waals surface area contributed by atoms with Gasteiger partial charge in [-0.15, -0.1) is 0 Å². The highest BCUT2D eigenvalue weighted by molar-refractivity contribution is 4.83. The number of hydrogen-bond donors (Lipinski definition) is 2. The van der Waals surface area contributed by atoms with Crippen molar-refractivity contribution in [1.29, 1.82) is 0 Å². The third-order valence-corrected chi connectivity index (χ3v) is 3.84. The number of likely N-dealkylation sites (tertiary alicyclic amines) is 1. The van der Waals surface area contributed by atoms with Crippen LogP contribution in [0.15, 0.2) is 0 Å². The van der Waals surface area contributed by atoms with Crippen molar-refractivity contribution in [2.75, 3.05) is 32.7 Å². The lowest BCUT2D eigenvalue weighted by molar-refractivity contribution is 0.136. The third-order valence-electron chi connectivity index (χ3n) is 3.84. The summed E-state index contributed by atoms with van der Waals surface area (Å²) in [6, 6.07) is 0.676. The van der Waals surface area contributed by atoms with Crippen LogP contribution in [-0.2, 0) is 0 Å². The van der Waals surface area contributed by atoms with Gasteiger partial charge in [0.25, 0.3) is 0 Å². The summed E-state index contributed by atoms with van der Waals surface area (Å²) in [5.41, 5.74) is 5.71. The molecule has 0 aromatic heterocycles. The molecule has 2 unspecified atom stereocenters. The monoisotopic (exact) mass is 255 g/mol. The molecule has 0 saturated carbocycles. The molecule has 18 heavy (non-hydrogen) atoms. The first-order chi connectivity index (χ1) is 8.65. The Hall–Kier alpha value is -0.120. The van der Waals surface area contributed by atoms with E-state index in [1.807, 2.05) is 0 Å². The van der Waals surface area contributed by atoms with Crippen LogP contribution in [0, 0.1) is 11.8 Å².